The third kappa shape index (κ3) is 3.17. The Bertz CT molecular complexity index is 1260. The number of pyridine rings is 2. The lowest BCUT2D eigenvalue weighted by Crippen LogP contribution is -2.31. The number of hydrogen-bond acceptors (Lipinski definition) is 7. The van der Waals surface area contributed by atoms with Gasteiger partial charge < -0.3 is 10.5 Å². The molecule has 0 bridgehead atoms. The number of imidazole rings is 1. The lowest BCUT2D eigenvalue weighted by atomic mass is 9.98. The molecule has 0 aliphatic heterocycles. The maximum atomic E-state index is 9.13. The molecule has 4 rings (SSSR count). The standard InChI is InChI=1S/C22H21N7O/c1-3-29(25)22-18(24)8-16(11-27-22)21-17(15-6-4-14(10-23)5-7-15)9-20(30-2)19-12-26-13-28(19)21/h4-9,11-13H,3,24-25H2,1-2H3. The smallest absolute Gasteiger partial charge is 0.165 e. The van der Waals surface area contributed by atoms with E-state index in [0.717, 1.165) is 27.9 Å². The highest BCUT2D eigenvalue weighted by molar-refractivity contribution is 5.87. The van der Waals surface area contributed by atoms with Crippen molar-refractivity contribution in [2.45, 2.75) is 6.92 Å². The molecule has 0 amide bonds. The van der Waals surface area contributed by atoms with E-state index in [1.165, 1.54) is 5.01 Å². The van der Waals surface area contributed by atoms with Gasteiger partial charge >= 0.3 is 0 Å². The predicted octanol–water partition coefficient (Wildman–Crippen LogP) is 3.23. The van der Waals surface area contributed by atoms with Gasteiger partial charge in [-0.2, -0.15) is 5.26 Å². The van der Waals surface area contributed by atoms with E-state index < -0.39 is 0 Å². The van der Waals surface area contributed by atoms with Crippen molar-refractivity contribution < 1.29 is 4.74 Å². The minimum absolute atomic E-state index is 0.478. The number of hydrogen-bond donors (Lipinski definition) is 2. The van der Waals surface area contributed by atoms with E-state index in [9.17, 15) is 0 Å². The lowest BCUT2D eigenvalue weighted by molar-refractivity contribution is 0.418. The van der Waals surface area contributed by atoms with Crippen molar-refractivity contribution in [3.8, 4) is 34.2 Å². The molecule has 0 aliphatic carbocycles. The van der Waals surface area contributed by atoms with Gasteiger partial charge in [0.15, 0.2) is 5.82 Å². The molecule has 30 heavy (non-hydrogen) atoms. The van der Waals surface area contributed by atoms with Gasteiger partial charge in [0.25, 0.3) is 0 Å². The van der Waals surface area contributed by atoms with Crippen LogP contribution in [0.4, 0.5) is 11.5 Å². The first-order chi connectivity index (χ1) is 14.6. The number of nitrogens with zero attached hydrogens (tertiary/aromatic N) is 5. The van der Waals surface area contributed by atoms with Crippen LogP contribution in [-0.2, 0) is 0 Å². The summed E-state index contributed by atoms with van der Waals surface area (Å²) in [5, 5.41) is 10.6. The van der Waals surface area contributed by atoms with Gasteiger partial charge in [-0.15, -0.1) is 0 Å². The number of anilines is 2. The molecular weight excluding hydrogens is 378 g/mol. The number of methoxy groups -OCH3 is 1. The number of benzene rings is 1. The molecule has 0 fully saturated rings. The molecule has 150 valence electrons. The van der Waals surface area contributed by atoms with E-state index in [1.54, 1.807) is 38.0 Å². The fourth-order valence-corrected chi connectivity index (χ4v) is 3.45. The largest absolute Gasteiger partial charge is 0.494 e. The summed E-state index contributed by atoms with van der Waals surface area (Å²) in [6.07, 6.45) is 5.22. The summed E-state index contributed by atoms with van der Waals surface area (Å²) in [5.74, 6) is 7.19. The van der Waals surface area contributed by atoms with E-state index in [1.807, 2.05) is 35.6 Å². The summed E-state index contributed by atoms with van der Waals surface area (Å²) >= 11 is 0. The fourth-order valence-electron chi connectivity index (χ4n) is 3.45. The van der Waals surface area contributed by atoms with Gasteiger partial charge in [-0.1, -0.05) is 12.1 Å². The molecule has 8 nitrogen and oxygen atoms in total. The number of rotatable bonds is 5. The summed E-state index contributed by atoms with van der Waals surface area (Å²) in [4.78, 5) is 8.79. The number of fused-ring (bicyclic) bond motifs is 1. The van der Waals surface area contributed by atoms with Gasteiger partial charge in [0.1, 0.15) is 11.3 Å². The predicted molar refractivity (Wildman–Crippen MR) is 117 cm³/mol. The van der Waals surface area contributed by atoms with E-state index >= 15 is 0 Å². The number of nitrogens with two attached hydrogens (primary N) is 2. The number of ether oxygens (including phenoxy) is 1. The van der Waals surface area contributed by atoms with Gasteiger partial charge in [-0.05, 0) is 36.8 Å². The molecule has 1 aromatic carbocycles. The molecule has 0 radical (unpaired) electrons. The molecule has 0 saturated carbocycles. The number of aromatic nitrogens is 3. The van der Waals surface area contributed by atoms with Crippen molar-refractivity contribution in [2.75, 3.05) is 24.4 Å². The molecule has 8 heteroatoms. The second-order valence-corrected chi connectivity index (χ2v) is 6.74. The van der Waals surface area contributed by atoms with Gasteiger partial charge in [0, 0.05) is 23.9 Å². The van der Waals surface area contributed by atoms with Gasteiger partial charge in [-0.3, -0.25) is 9.41 Å². The van der Waals surface area contributed by atoms with Crippen molar-refractivity contribution in [1.82, 2.24) is 14.4 Å². The van der Waals surface area contributed by atoms with Crippen LogP contribution in [-0.4, -0.2) is 28.0 Å². The van der Waals surface area contributed by atoms with Crippen molar-refractivity contribution in [1.29, 1.82) is 5.26 Å². The van der Waals surface area contributed by atoms with Crippen molar-refractivity contribution in [3.63, 3.8) is 0 Å². The second kappa shape index (κ2) is 7.73. The molecule has 0 atom stereocenters. The fraction of sp³-hybridized carbons (Fsp3) is 0.136. The zero-order chi connectivity index (χ0) is 21.3. The van der Waals surface area contributed by atoms with E-state index in [4.69, 9.17) is 21.6 Å². The highest BCUT2D eigenvalue weighted by atomic mass is 16.5. The normalized spacial score (nSPS) is 10.7. The molecular formula is C22H21N7O. The average molecular weight is 399 g/mol. The first-order valence-electron chi connectivity index (χ1n) is 9.39. The number of nitriles is 1. The van der Waals surface area contributed by atoms with Crippen LogP contribution in [0.15, 0.2) is 55.1 Å². The summed E-state index contributed by atoms with van der Waals surface area (Å²) in [6, 6.07) is 13.3. The summed E-state index contributed by atoms with van der Waals surface area (Å²) < 4.78 is 7.54. The molecule has 0 spiro atoms. The maximum Gasteiger partial charge on any atom is 0.165 e. The quantitative estimate of drug-likeness (QED) is 0.391. The van der Waals surface area contributed by atoms with Crippen LogP contribution in [0.1, 0.15) is 12.5 Å². The van der Waals surface area contributed by atoms with Gasteiger partial charge in [0.05, 0.1) is 42.6 Å². The van der Waals surface area contributed by atoms with E-state index in [2.05, 4.69) is 16.0 Å². The average Bonchev–Trinajstić information content (AvgIpc) is 3.27. The van der Waals surface area contributed by atoms with E-state index in [-0.39, 0.29) is 0 Å². The molecule has 0 aliphatic rings. The Labute approximate surface area is 173 Å². The number of hydrazine groups is 1. The SMILES string of the molecule is CCN(N)c1ncc(-c2c(-c3ccc(C#N)cc3)cc(OC)c3cncn23)cc1N. The summed E-state index contributed by atoms with van der Waals surface area (Å²) in [6.45, 7) is 2.51. The Balaban J connectivity index is 1.99. The molecule has 4 aromatic rings. The Morgan fingerprint density at radius 2 is 1.93 bits per heavy atom. The third-order valence-corrected chi connectivity index (χ3v) is 4.99. The highest BCUT2D eigenvalue weighted by Crippen LogP contribution is 2.38. The molecule has 4 N–H and O–H groups in total. The zero-order valence-corrected chi connectivity index (χ0v) is 16.7. The molecule has 3 aromatic heterocycles. The third-order valence-electron chi connectivity index (χ3n) is 4.99. The summed E-state index contributed by atoms with van der Waals surface area (Å²) in [5.41, 5.74) is 11.7. The minimum atomic E-state index is 0.478. The Morgan fingerprint density at radius 3 is 2.57 bits per heavy atom. The maximum absolute atomic E-state index is 9.13. The van der Waals surface area contributed by atoms with Crippen molar-refractivity contribution in [3.05, 3.63) is 60.7 Å². The Hall–Kier alpha value is -4.09. The van der Waals surface area contributed by atoms with Crippen LogP contribution in [0.3, 0.4) is 0 Å². The first kappa shape index (κ1) is 19.2. The van der Waals surface area contributed by atoms with Crippen LogP contribution in [0.5, 0.6) is 5.75 Å². The molecule has 0 saturated heterocycles. The Morgan fingerprint density at radius 1 is 1.17 bits per heavy atom. The van der Waals surface area contributed by atoms with Crippen molar-refractivity contribution in [2.24, 2.45) is 5.84 Å². The van der Waals surface area contributed by atoms with Gasteiger partial charge in [0.2, 0.25) is 0 Å². The van der Waals surface area contributed by atoms with Gasteiger partial charge in [-0.25, -0.2) is 15.8 Å². The van der Waals surface area contributed by atoms with Crippen LogP contribution >= 0.6 is 0 Å². The Kier molecular flexibility index (Phi) is 4.96. The highest BCUT2D eigenvalue weighted by Gasteiger charge is 2.18. The minimum Gasteiger partial charge on any atom is -0.494 e. The van der Waals surface area contributed by atoms with Crippen LogP contribution in [0, 0.1) is 11.3 Å². The topological polar surface area (TPSA) is 118 Å². The molecule has 3 heterocycles. The van der Waals surface area contributed by atoms with Crippen LogP contribution < -0.4 is 21.3 Å². The van der Waals surface area contributed by atoms with Crippen molar-refractivity contribution >= 4 is 17.0 Å². The number of nitrogen functional groups attached to an aromatic ring is 1. The summed E-state index contributed by atoms with van der Waals surface area (Å²) in [7, 11) is 1.62. The monoisotopic (exact) mass is 399 g/mol. The first-order valence-corrected chi connectivity index (χ1v) is 9.39. The van der Waals surface area contributed by atoms with Crippen LogP contribution in [0.25, 0.3) is 27.9 Å². The lowest BCUT2D eigenvalue weighted by Gasteiger charge is -2.19. The van der Waals surface area contributed by atoms with E-state index in [0.29, 0.717) is 29.4 Å². The van der Waals surface area contributed by atoms with Crippen LogP contribution in [0.2, 0.25) is 0 Å². The zero-order valence-electron chi connectivity index (χ0n) is 16.7. The second-order valence-electron chi connectivity index (χ2n) is 6.74. The molecule has 0 unspecified atom stereocenters.